The average Bonchev–Trinajstić information content (AvgIpc) is 3.05. The third kappa shape index (κ3) is 5.16. The van der Waals surface area contributed by atoms with Crippen molar-refractivity contribution in [3.63, 3.8) is 0 Å². The molecule has 0 bridgehead atoms. The molecule has 1 N–H and O–H groups in total. The summed E-state index contributed by atoms with van der Waals surface area (Å²) in [5.41, 5.74) is 1.28. The number of rotatable bonds is 7. The lowest BCUT2D eigenvalue weighted by Crippen LogP contribution is -2.27. The highest BCUT2D eigenvalue weighted by atomic mass is 16.5. The number of nitrogens with one attached hydrogen (secondary N) is 1. The molecule has 0 saturated carbocycles. The number of methoxy groups -OCH3 is 1. The summed E-state index contributed by atoms with van der Waals surface area (Å²) in [6.07, 6.45) is 2.93. The molecule has 0 atom stereocenters. The number of nitrogens with zero attached hydrogens (tertiary/aromatic N) is 1. The van der Waals surface area contributed by atoms with Gasteiger partial charge in [0.15, 0.2) is 11.5 Å². The molecule has 3 amide bonds. The van der Waals surface area contributed by atoms with Gasteiger partial charge < -0.3 is 14.2 Å². The Labute approximate surface area is 174 Å². The van der Waals surface area contributed by atoms with E-state index in [9.17, 15) is 14.4 Å². The molecule has 2 aromatic rings. The first-order valence-corrected chi connectivity index (χ1v) is 9.31. The Bertz CT molecular complexity index is 982. The van der Waals surface area contributed by atoms with E-state index in [4.69, 9.17) is 14.2 Å². The van der Waals surface area contributed by atoms with Gasteiger partial charge in [-0.05, 0) is 61.9 Å². The fraction of sp³-hybridized carbons (Fsp3) is 0.227. The van der Waals surface area contributed by atoms with E-state index in [0.717, 1.165) is 5.56 Å². The third-order valence-electron chi connectivity index (χ3n) is 4.12. The van der Waals surface area contributed by atoms with E-state index in [0.29, 0.717) is 22.9 Å². The number of hydrogen-bond acceptors (Lipinski definition) is 6. The molecular weight excluding hydrogens is 388 g/mol. The highest BCUT2D eigenvalue weighted by Gasteiger charge is 2.27. The minimum absolute atomic E-state index is 0.0157. The van der Waals surface area contributed by atoms with Crippen LogP contribution in [0, 0.1) is 0 Å². The van der Waals surface area contributed by atoms with Crippen LogP contribution in [0.2, 0.25) is 0 Å². The summed E-state index contributed by atoms with van der Waals surface area (Å²) < 4.78 is 16.3. The molecule has 156 valence electrons. The van der Waals surface area contributed by atoms with Crippen molar-refractivity contribution >= 4 is 29.7 Å². The van der Waals surface area contributed by atoms with E-state index in [1.165, 1.54) is 11.0 Å². The number of benzene rings is 2. The monoisotopic (exact) mass is 410 g/mol. The molecule has 0 aromatic heterocycles. The van der Waals surface area contributed by atoms with E-state index < -0.39 is 12.0 Å². The third-order valence-corrected chi connectivity index (χ3v) is 4.12. The number of esters is 1. The molecule has 0 spiro atoms. The maximum absolute atomic E-state index is 12.1. The summed E-state index contributed by atoms with van der Waals surface area (Å²) in [4.78, 5) is 36.4. The van der Waals surface area contributed by atoms with Crippen LogP contribution < -0.4 is 24.4 Å². The highest BCUT2D eigenvalue weighted by Crippen LogP contribution is 2.29. The van der Waals surface area contributed by atoms with Crippen molar-refractivity contribution < 1.29 is 28.6 Å². The Hall–Kier alpha value is -3.81. The number of hydrogen-bond donors (Lipinski definition) is 1. The molecule has 30 heavy (non-hydrogen) atoms. The predicted octanol–water partition coefficient (Wildman–Crippen LogP) is 3.16. The van der Waals surface area contributed by atoms with Crippen molar-refractivity contribution in [1.82, 2.24) is 5.32 Å². The number of carbonyl (C=O) groups excluding carboxylic acids is 3. The molecule has 1 saturated heterocycles. The minimum atomic E-state index is -0.557. The maximum Gasteiger partial charge on any atom is 0.336 e. The second kappa shape index (κ2) is 9.13. The van der Waals surface area contributed by atoms with Crippen molar-refractivity contribution in [2.45, 2.75) is 20.0 Å². The zero-order valence-corrected chi connectivity index (χ0v) is 16.9. The predicted molar refractivity (Wildman–Crippen MR) is 111 cm³/mol. The van der Waals surface area contributed by atoms with Gasteiger partial charge in [-0.3, -0.25) is 15.0 Å². The van der Waals surface area contributed by atoms with Crippen LogP contribution in [-0.4, -0.2) is 37.7 Å². The van der Waals surface area contributed by atoms with Crippen molar-refractivity contribution in [2.24, 2.45) is 0 Å². The first kappa shape index (κ1) is 20.9. The van der Waals surface area contributed by atoms with E-state index in [-0.39, 0.29) is 18.6 Å². The van der Waals surface area contributed by atoms with Crippen LogP contribution >= 0.6 is 0 Å². The molecule has 1 aliphatic rings. The van der Waals surface area contributed by atoms with Gasteiger partial charge >= 0.3 is 12.0 Å². The summed E-state index contributed by atoms with van der Waals surface area (Å²) in [7, 11) is 1.55. The summed E-state index contributed by atoms with van der Waals surface area (Å²) in [6, 6.07) is 11.2. The van der Waals surface area contributed by atoms with Gasteiger partial charge in [0.1, 0.15) is 12.3 Å². The smallest absolute Gasteiger partial charge is 0.336 e. The molecular formula is C22H22N2O6. The lowest BCUT2D eigenvalue weighted by atomic mass is 10.2. The van der Waals surface area contributed by atoms with Crippen LogP contribution in [0.3, 0.4) is 0 Å². The van der Waals surface area contributed by atoms with Gasteiger partial charge in [0.05, 0.1) is 13.2 Å². The fourth-order valence-electron chi connectivity index (χ4n) is 2.80. The van der Waals surface area contributed by atoms with E-state index >= 15 is 0 Å². The normalized spacial score (nSPS) is 13.7. The Morgan fingerprint density at radius 2 is 1.83 bits per heavy atom. The zero-order valence-electron chi connectivity index (χ0n) is 16.9. The van der Waals surface area contributed by atoms with Gasteiger partial charge in [0, 0.05) is 11.8 Å². The van der Waals surface area contributed by atoms with Crippen LogP contribution in [0.15, 0.2) is 48.5 Å². The number of carbonyl (C=O) groups is 3. The van der Waals surface area contributed by atoms with E-state index in [2.05, 4.69) is 5.32 Å². The zero-order chi connectivity index (χ0) is 21.7. The summed E-state index contributed by atoms with van der Waals surface area (Å²) in [6.45, 7) is 3.82. The molecule has 1 heterocycles. The molecule has 8 nitrogen and oxygen atoms in total. The van der Waals surface area contributed by atoms with E-state index in [1.807, 2.05) is 13.8 Å². The molecule has 0 unspecified atom stereocenters. The average molecular weight is 410 g/mol. The lowest BCUT2D eigenvalue weighted by Gasteiger charge is -2.13. The number of ether oxygens (including phenoxy) is 3. The SMILES string of the molecule is COc1cc(/C=C\C(=O)Oc2ccc(N3CC(=O)NC3=O)cc2)ccc1OC(C)C. The van der Waals surface area contributed by atoms with Crippen LogP contribution in [0.1, 0.15) is 19.4 Å². The number of amides is 3. The quantitative estimate of drug-likeness (QED) is 0.326. The molecule has 8 heteroatoms. The molecule has 1 fully saturated rings. The number of anilines is 1. The largest absolute Gasteiger partial charge is 0.493 e. The van der Waals surface area contributed by atoms with Crippen molar-refractivity contribution in [3.8, 4) is 17.2 Å². The molecule has 0 aliphatic carbocycles. The van der Waals surface area contributed by atoms with E-state index in [1.54, 1.807) is 55.7 Å². The van der Waals surface area contributed by atoms with Gasteiger partial charge in [0.25, 0.3) is 0 Å². The molecule has 2 aromatic carbocycles. The first-order valence-electron chi connectivity index (χ1n) is 9.31. The summed E-state index contributed by atoms with van der Waals surface area (Å²) in [5.74, 6) is 0.594. The van der Waals surface area contributed by atoms with Crippen LogP contribution in [0.25, 0.3) is 6.08 Å². The Balaban J connectivity index is 1.62. The van der Waals surface area contributed by atoms with Crippen LogP contribution in [0.5, 0.6) is 17.2 Å². The van der Waals surface area contributed by atoms with Crippen LogP contribution in [0.4, 0.5) is 10.5 Å². The van der Waals surface area contributed by atoms with Gasteiger partial charge in [-0.1, -0.05) is 6.07 Å². The summed E-state index contributed by atoms with van der Waals surface area (Å²) in [5, 5.41) is 2.20. The maximum atomic E-state index is 12.1. The van der Waals surface area contributed by atoms with Gasteiger partial charge in [0.2, 0.25) is 5.91 Å². The first-order chi connectivity index (χ1) is 14.4. The van der Waals surface area contributed by atoms with Gasteiger partial charge in [-0.25, -0.2) is 9.59 Å². The second-order valence-electron chi connectivity index (χ2n) is 6.76. The Kier molecular flexibility index (Phi) is 6.36. The van der Waals surface area contributed by atoms with Crippen molar-refractivity contribution in [2.75, 3.05) is 18.6 Å². The Morgan fingerprint density at radius 1 is 1.10 bits per heavy atom. The van der Waals surface area contributed by atoms with Crippen LogP contribution in [-0.2, 0) is 9.59 Å². The fourth-order valence-corrected chi connectivity index (χ4v) is 2.80. The molecule has 1 aliphatic heterocycles. The van der Waals surface area contributed by atoms with Gasteiger partial charge in [-0.2, -0.15) is 0 Å². The lowest BCUT2D eigenvalue weighted by molar-refractivity contribution is -0.128. The molecule has 3 rings (SSSR count). The highest BCUT2D eigenvalue weighted by molar-refractivity contribution is 6.12. The van der Waals surface area contributed by atoms with Crippen molar-refractivity contribution in [3.05, 3.63) is 54.1 Å². The molecule has 0 radical (unpaired) electrons. The summed E-state index contributed by atoms with van der Waals surface area (Å²) >= 11 is 0. The minimum Gasteiger partial charge on any atom is -0.493 e. The topological polar surface area (TPSA) is 94.2 Å². The number of imide groups is 1. The number of urea groups is 1. The Morgan fingerprint density at radius 3 is 2.43 bits per heavy atom. The standard InChI is InChI=1S/C22H22N2O6/c1-14(2)29-18-10-4-15(12-19(18)28-3)5-11-21(26)30-17-8-6-16(7-9-17)24-13-20(25)23-22(24)27/h4-12,14H,13H2,1-3H3,(H,23,25,27)/b11-5-. The van der Waals surface area contributed by atoms with Crippen molar-refractivity contribution in [1.29, 1.82) is 0 Å². The van der Waals surface area contributed by atoms with Gasteiger partial charge in [-0.15, -0.1) is 0 Å². The second-order valence-corrected chi connectivity index (χ2v) is 6.76.